The molecule has 6 nitrogen and oxygen atoms in total. The fraction of sp³-hybridized carbons (Fsp3) is 0.429. The lowest BCUT2D eigenvalue weighted by Crippen LogP contribution is -2.58. The number of aliphatic carboxylic acids is 1. The van der Waals surface area contributed by atoms with Crippen LogP contribution in [-0.4, -0.2) is 35.9 Å². The summed E-state index contributed by atoms with van der Waals surface area (Å²) in [4.78, 5) is 23.4. The molecule has 1 heterocycles. The maximum absolute atomic E-state index is 13.6. The molecular formula is C14H17FN2O4. The summed E-state index contributed by atoms with van der Waals surface area (Å²) in [6.07, 6.45) is 0.345. The molecule has 21 heavy (non-hydrogen) atoms. The minimum atomic E-state index is -1.37. The molecule has 0 radical (unpaired) electrons. The predicted molar refractivity (Wildman–Crippen MR) is 73.7 cm³/mol. The van der Waals surface area contributed by atoms with Crippen LogP contribution in [0.4, 0.5) is 14.9 Å². The second-order valence-electron chi connectivity index (χ2n) is 5.06. The average Bonchev–Trinajstić information content (AvgIpc) is 2.43. The number of rotatable bonds is 3. The highest BCUT2D eigenvalue weighted by Gasteiger charge is 2.41. The van der Waals surface area contributed by atoms with Crippen LogP contribution in [0.3, 0.4) is 0 Å². The number of halogens is 1. The summed E-state index contributed by atoms with van der Waals surface area (Å²) in [7, 11) is 0. The first kappa shape index (κ1) is 15.2. The molecule has 1 saturated heterocycles. The van der Waals surface area contributed by atoms with Crippen LogP contribution in [0, 0.1) is 12.7 Å². The molecule has 3 N–H and O–H groups in total. The number of amides is 2. The van der Waals surface area contributed by atoms with Crippen molar-refractivity contribution < 1.29 is 23.8 Å². The van der Waals surface area contributed by atoms with E-state index in [1.807, 2.05) is 0 Å². The van der Waals surface area contributed by atoms with E-state index in [2.05, 4.69) is 10.6 Å². The lowest BCUT2D eigenvalue weighted by atomic mass is 9.90. The third-order valence-corrected chi connectivity index (χ3v) is 3.48. The van der Waals surface area contributed by atoms with Gasteiger partial charge in [-0.05, 0) is 24.6 Å². The number of carboxylic acids is 1. The Morgan fingerprint density at radius 1 is 1.33 bits per heavy atom. The largest absolute Gasteiger partial charge is 0.480 e. The van der Waals surface area contributed by atoms with Gasteiger partial charge in [-0.25, -0.2) is 14.0 Å². The molecule has 0 atom stereocenters. The van der Waals surface area contributed by atoms with E-state index >= 15 is 0 Å². The number of carbonyl (C=O) groups excluding carboxylic acids is 1. The summed E-state index contributed by atoms with van der Waals surface area (Å²) < 4.78 is 18.7. The van der Waals surface area contributed by atoms with Crippen LogP contribution in [0.25, 0.3) is 0 Å². The maximum Gasteiger partial charge on any atom is 0.329 e. The van der Waals surface area contributed by atoms with E-state index in [9.17, 15) is 19.1 Å². The van der Waals surface area contributed by atoms with Crippen LogP contribution in [-0.2, 0) is 9.53 Å². The molecule has 0 aliphatic carbocycles. The quantitative estimate of drug-likeness (QED) is 0.795. The molecule has 1 fully saturated rings. The molecule has 0 saturated carbocycles. The number of nitrogens with one attached hydrogen (secondary N) is 2. The van der Waals surface area contributed by atoms with Crippen molar-refractivity contribution in [1.29, 1.82) is 0 Å². The van der Waals surface area contributed by atoms with Gasteiger partial charge >= 0.3 is 12.0 Å². The molecule has 0 bridgehead atoms. The van der Waals surface area contributed by atoms with Gasteiger partial charge in [-0.1, -0.05) is 6.07 Å². The van der Waals surface area contributed by atoms with Gasteiger partial charge < -0.3 is 20.5 Å². The van der Waals surface area contributed by atoms with E-state index in [4.69, 9.17) is 4.74 Å². The standard InChI is InChI=1S/C14H17FN2O4/c1-9-2-3-10(15)11(8-9)16-13(20)17-14(12(18)19)4-6-21-7-5-14/h2-3,8H,4-7H2,1H3,(H,18,19)(H2,16,17,20). The first-order valence-electron chi connectivity index (χ1n) is 6.59. The van der Waals surface area contributed by atoms with Crippen LogP contribution < -0.4 is 10.6 Å². The van der Waals surface area contributed by atoms with Crippen molar-refractivity contribution in [3.63, 3.8) is 0 Å². The number of ether oxygens (including phenoxy) is 1. The predicted octanol–water partition coefficient (Wildman–Crippen LogP) is 1.89. The van der Waals surface area contributed by atoms with Crippen molar-refractivity contribution in [3.8, 4) is 0 Å². The minimum Gasteiger partial charge on any atom is -0.480 e. The molecule has 0 aromatic heterocycles. The number of urea groups is 1. The molecule has 114 valence electrons. The Kier molecular flexibility index (Phi) is 4.42. The number of carbonyl (C=O) groups is 2. The zero-order chi connectivity index (χ0) is 15.5. The van der Waals surface area contributed by atoms with Gasteiger partial charge in [-0.2, -0.15) is 0 Å². The molecule has 1 aliphatic rings. The zero-order valence-electron chi connectivity index (χ0n) is 11.6. The summed E-state index contributed by atoms with van der Waals surface area (Å²) in [5.74, 6) is -1.70. The van der Waals surface area contributed by atoms with Crippen LogP contribution in [0.15, 0.2) is 18.2 Å². The van der Waals surface area contributed by atoms with E-state index in [1.165, 1.54) is 12.1 Å². The molecule has 7 heteroatoms. The number of anilines is 1. The number of hydrogen-bond donors (Lipinski definition) is 3. The van der Waals surface area contributed by atoms with Crippen LogP contribution in [0.1, 0.15) is 18.4 Å². The topological polar surface area (TPSA) is 87.7 Å². The summed E-state index contributed by atoms with van der Waals surface area (Å²) >= 11 is 0. The van der Waals surface area contributed by atoms with Gasteiger partial charge in [0.1, 0.15) is 11.4 Å². The van der Waals surface area contributed by atoms with E-state index in [1.54, 1.807) is 13.0 Å². The summed E-state index contributed by atoms with van der Waals surface area (Å²) in [5, 5.41) is 14.1. The van der Waals surface area contributed by atoms with Crippen LogP contribution >= 0.6 is 0 Å². The Hall–Kier alpha value is -2.15. The van der Waals surface area contributed by atoms with E-state index in [-0.39, 0.29) is 31.7 Å². The minimum absolute atomic E-state index is 0.0140. The van der Waals surface area contributed by atoms with Crippen molar-refractivity contribution >= 4 is 17.7 Å². The first-order valence-corrected chi connectivity index (χ1v) is 6.59. The van der Waals surface area contributed by atoms with E-state index < -0.39 is 23.4 Å². The van der Waals surface area contributed by atoms with Crippen molar-refractivity contribution in [2.24, 2.45) is 0 Å². The molecule has 0 spiro atoms. The SMILES string of the molecule is Cc1ccc(F)c(NC(=O)NC2(C(=O)O)CCOCC2)c1. The summed E-state index contributed by atoms with van der Waals surface area (Å²) in [6.45, 7) is 2.27. The molecule has 1 aromatic rings. The van der Waals surface area contributed by atoms with Crippen molar-refractivity contribution in [2.75, 3.05) is 18.5 Å². The lowest BCUT2D eigenvalue weighted by Gasteiger charge is -2.33. The number of hydrogen-bond acceptors (Lipinski definition) is 3. The Balaban J connectivity index is 2.09. The Bertz CT molecular complexity index is 556. The van der Waals surface area contributed by atoms with E-state index in [0.717, 1.165) is 5.56 Å². The molecule has 1 aliphatic heterocycles. The van der Waals surface area contributed by atoms with Crippen molar-refractivity contribution in [3.05, 3.63) is 29.6 Å². The van der Waals surface area contributed by atoms with Gasteiger partial charge in [-0.3, -0.25) is 0 Å². The van der Waals surface area contributed by atoms with Gasteiger partial charge in [0, 0.05) is 26.1 Å². The maximum atomic E-state index is 13.6. The lowest BCUT2D eigenvalue weighted by molar-refractivity contribution is -0.148. The van der Waals surface area contributed by atoms with Gasteiger partial charge in [0.05, 0.1) is 5.69 Å². The number of benzene rings is 1. The molecule has 0 unspecified atom stereocenters. The van der Waals surface area contributed by atoms with Gasteiger partial charge in [0.15, 0.2) is 0 Å². The average molecular weight is 296 g/mol. The highest BCUT2D eigenvalue weighted by Crippen LogP contribution is 2.22. The summed E-state index contributed by atoms with van der Waals surface area (Å²) in [6, 6.07) is 3.55. The molecule has 2 rings (SSSR count). The fourth-order valence-corrected chi connectivity index (χ4v) is 2.22. The van der Waals surface area contributed by atoms with Crippen LogP contribution in [0.2, 0.25) is 0 Å². The normalized spacial score (nSPS) is 17.0. The summed E-state index contributed by atoms with van der Waals surface area (Å²) in [5.41, 5.74) is -0.575. The highest BCUT2D eigenvalue weighted by atomic mass is 19.1. The van der Waals surface area contributed by atoms with Gasteiger partial charge in [0.25, 0.3) is 0 Å². The second-order valence-corrected chi connectivity index (χ2v) is 5.06. The third-order valence-electron chi connectivity index (χ3n) is 3.48. The van der Waals surface area contributed by atoms with Crippen molar-refractivity contribution in [1.82, 2.24) is 5.32 Å². The molecule has 1 aromatic carbocycles. The van der Waals surface area contributed by atoms with Gasteiger partial charge in [-0.15, -0.1) is 0 Å². The van der Waals surface area contributed by atoms with Crippen LogP contribution in [0.5, 0.6) is 0 Å². The first-order chi connectivity index (χ1) is 9.93. The number of carboxylic acid groups (broad SMARTS) is 1. The molecule has 2 amide bonds. The Morgan fingerprint density at radius 2 is 2.00 bits per heavy atom. The monoisotopic (exact) mass is 296 g/mol. The number of aryl methyl sites for hydroxylation is 1. The second kappa shape index (κ2) is 6.09. The smallest absolute Gasteiger partial charge is 0.329 e. The third kappa shape index (κ3) is 3.49. The zero-order valence-corrected chi connectivity index (χ0v) is 11.6. The fourth-order valence-electron chi connectivity index (χ4n) is 2.22. The highest BCUT2D eigenvalue weighted by molar-refractivity contribution is 5.94. The van der Waals surface area contributed by atoms with Crippen molar-refractivity contribution in [2.45, 2.75) is 25.3 Å². The Labute approximate surface area is 121 Å². The van der Waals surface area contributed by atoms with Gasteiger partial charge in [0.2, 0.25) is 0 Å². The Morgan fingerprint density at radius 3 is 2.62 bits per heavy atom. The van der Waals surface area contributed by atoms with E-state index in [0.29, 0.717) is 0 Å². The molecular weight excluding hydrogens is 279 g/mol.